The van der Waals surface area contributed by atoms with E-state index in [1.807, 2.05) is 12.1 Å². The van der Waals surface area contributed by atoms with Crippen molar-refractivity contribution >= 4 is 5.69 Å². The van der Waals surface area contributed by atoms with Crippen LogP contribution in [-0.4, -0.2) is 31.4 Å². The zero-order chi connectivity index (χ0) is 12.3. The maximum atomic E-state index is 9.45. The first-order valence-electron chi connectivity index (χ1n) is 6.27. The lowest BCUT2D eigenvalue weighted by Crippen LogP contribution is -2.28. The van der Waals surface area contributed by atoms with Gasteiger partial charge in [0.15, 0.2) is 0 Å². The second-order valence-corrected chi connectivity index (χ2v) is 4.78. The Bertz CT molecular complexity index is 342. The fraction of sp³-hybridized carbons (Fsp3) is 0.571. The smallest absolute Gasteiger partial charge is 0.0761 e. The number of hydrogen-bond donors (Lipinski definition) is 1. The number of nitrogens with zero attached hydrogens (tertiary/aromatic N) is 1. The Balaban J connectivity index is 1.96. The Morgan fingerprint density at radius 3 is 2.65 bits per heavy atom. The number of benzene rings is 1. The number of hydrogen-bond acceptors (Lipinski definition) is 3. The standard InChI is InChI=1S/C14H21NO2/c1-11(16)12-5-7-13(8-6-12)15(2)10-14-4-3-9-17-14/h5-8,11,14,16H,3-4,9-10H2,1-2H3/t11-,14?/m1/s1. The molecule has 1 aromatic rings. The molecule has 2 atom stereocenters. The number of anilines is 1. The highest BCUT2D eigenvalue weighted by atomic mass is 16.5. The zero-order valence-corrected chi connectivity index (χ0v) is 10.6. The molecule has 1 fully saturated rings. The fourth-order valence-electron chi connectivity index (χ4n) is 2.21. The Hall–Kier alpha value is -1.06. The maximum Gasteiger partial charge on any atom is 0.0761 e. The van der Waals surface area contributed by atoms with E-state index in [-0.39, 0.29) is 0 Å². The van der Waals surface area contributed by atoms with Crippen LogP contribution in [0.5, 0.6) is 0 Å². The molecule has 1 aromatic carbocycles. The Morgan fingerprint density at radius 1 is 1.41 bits per heavy atom. The lowest BCUT2D eigenvalue weighted by Gasteiger charge is -2.23. The molecule has 94 valence electrons. The molecular weight excluding hydrogens is 214 g/mol. The van der Waals surface area contributed by atoms with Crippen LogP contribution in [-0.2, 0) is 4.74 Å². The van der Waals surface area contributed by atoms with E-state index in [2.05, 4.69) is 24.1 Å². The molecule has 17 heavy (non-hydrogen) atoms. The average Bonchev–Trinajstić information content (AvgIpc) is 2.82. The topological polar surface area (TPSA) is 32.7 Å². The summed E-state index contributed by atoms with van der Waals surface area (Å²) in [6.07, 6.45) is 2.32. The van der Waals surface area contributed by atoms with Gasteiger partial charge in [-0.25, -0.2) is 0 Å². The van der Waals surface area contributed by atoms with Gasteiger partial charge in [0, 0.05) is 25.9 Å². The van der Waals surface area contributed by atoms with E-state index in [1.165, 1.54) is 12.1 Å². The predicted molar refractivity (Wildman–Crippen MR) is 69.3 cm³/mol. The number of aliphatic hydroxyl groups is 1. The summed E-state index contributed by atoms with van der Waals surface area (Å²) < 4.78 is 5.63. The lowest BCUT2D eigenvalue weighted by atomic mass is 10.1. The molecule has 0 spiro atoms. The fourth-order valence-corrected chi connectivity index (χ4v) is 2.21. The first kappa shape index (κ1) is 12.4. The van der Waals surface area contributed by atoms with Gasteiger partial charge in [-0.05, 0) is 37.5 Å². The summed E-state index contributed by atoms with van der Waals surface area (Å²) in [5, 5.41) is 9.45. The van der Waals surface area contributed by atoms with Crippen LogP contribution in [0.3, 0.4) is 0 Å². The van der Waals surface area contributed by atoms with E-state index >= 15 is 0 Å². The minimum absolute atomic E-state index is 0.372. The molecule has 0 bridgehead atoms. The van der Waals surface area contributed by atoms with Crippen LogP contribution in [0.25, 0.3) is 0 Å². The predicted octanol–water partition coefficient (Wildman–Crippen LogP) is 2.36. The molecule has 3 heteroatoms. The highest BCUT2D eigenvalue weighted by Gasteiger charge is 2.17. The molecular formula is C14H21NO2. The second kappa shape index (κ2) is 5.52. The summed E-state index contributed by atoms with van der Waals surface area (Å²) in [5.74, 6) is 0. The van der Waals surface area contributed by atoms with Crippen LogP contribution >= 0.6 is 0 Å². The maximum absolute atomic E-state index is 9.45. The molecule has 2 rings (SSSR count). The highest BCUT2D eigenvalue weighted by Crippen LogP contribution is 2.20. The van der Waals surface area contributed by atoms with E-state index in [9.17, 15) is 5.11 Å². The van der Waals surface area contributed by atoms with E-state index in [0.717, 1.165) is 25.1 Å². The molecule has 0 aliphatic carbocycles. The Kier molecular flexibility index (Phi) is 4.02. The summed E-state index contributed by atoms with van der Waals surface area (Å²) in [7, 11) is 2.08. The van der Waals surface area contributed by atoms with Crippen LogP contribution in [0.15, 0.2) is 24.3 Å². The van der Waals surface area contributed by atoms with Crippen LogP contribution in [0.2, 0.25) is 0 Å². The normalized spacial score (nSPS) is 21.5. The van der Waals surface area contributed by atoms with E-state index in [4.69, 9.17) is 4.74 Å². The highest BCUT2D eigenvalue weighted by molar-refractivity contribution is 5.47. The molecule has 3 nitrogen and oxygen atoms in total. The third kappa shape index (κ3) is 3.20. The van der Waals surface area contributed by atoms with Gasteiger partial charge in [-0.1, -0.05) is 12.1 Å². The van der Waals surface area contributed by atoms with Crippen molar-refractivity contribution in [1.29, 1.82) is 0 Å². The van der Waals surface area contributed by atoms with Crippen molar-refractivity contribution in [2.24, 2.45) is 0 Å². The summed E-state index contributed by atoms with van der Waals surface area (Å²) >= 11 is 0. The van der Waals surface area contributed by atoms with Gasteiger partial charge in [0.05, 0.1) is 12.2 Å². The SMILES string of the molecule is C[C@@H](O)c1ccc(N(C)CC2CCCO2)cc1. The van der Waals surface area contributed by atoms with E-state index < -0.39 is 6.10 Å². The number of aliphatic hydroxyl groups excluding tert-OH is 1. The van der Waals surface area contributed by atoms with E-state index in [1.54, 1.807) is 6.92 Å². The number of rotatable bonds is 4. The molecule has 0 amide bonds. The minimum atomic E-state index is -0.396. The Labute approximate surface area is 103 Å². The molecule has 1 heterocycles. The first-order chi connectivity index (χ1) is 8.16. The molecule has 0 aromatic heterocycles. The third-order valence-corrected chi connectivity index (χ3v) is 3.32. The zero-order valence-electron chi connectivity index (χ0n) is 10.6. The van der Waals surface area contributed by atoms with Gasteiger partial charge in [0.2, 0.25) is 0 Å². The van der Waals surface area contributed by atoms with Crippen LogP contribution < -0.4 is 4.90 Å². The minimum Gasteiger partial charge on any atom is -0.389 e. The number of likely N-dealkylation sites (N-methyl/N-ethyl adjacent to an activating group) is 1. The largest absolute Gasteiger partial charge is 0.389 e. The number of ether oxygens (including phenoxy) is 1. The van der Waals surface area contributed by atoms with Crippen molar-refractivity contribution in [3.63, 3.8) is 0 Å². The van der Waals surface area contributed by atoms with Crippen LogP contribution in [0.1, 0.15) is 31.4 Å². The van der Waals surface area contributed by atoms with Gasteiger partial charge in [-0.3, -0.25) is 0 Å². The molecule has 0 saturated carbocycles. The average molecular weight is 235 g/mol. The monoisotopic (exact) mass is 235 g/mol. The summed E-state index contributed by atoms with van der Waals surface area (Å²) in [6.45, 7) is 3.62. The summed E-state index contributed by atoms with van der Waals surface area (Å²) in [4.78, 5) is 2.21. The van der Waals surface area contributed by atoms with Crippen molar-refractivity contribution in [3.05, 3.63) is 29.8 Å². The molecule has 1 saturated heterocycles. The van der Waals surface area contributed by atoms with Crippen molar-refractivity contribution < 1.29 is 9.84 Å². The molecule has 1 N–H and O–H groups in total. The van der Waals surface area contributed by atoms with Crippen molar-refractivity contribution in [2.45, 2.75) is 32.0 Å². The summed E-state index contributed by atoms with van der Waals surface area (Å²) in [6, 6.07) is 8.06. The molecule has 0 radical (unpaired) electrons. The van der Waals surface area contributed by atoms with Gasteiger partial charge >= 0.3 is 0 Å². The molecule has 1 unspecified atom stereocenters. The van der Waals surface area contributed by atoms with Crippen molar-refractivity contribution in [1.82, 2.24) is 0 Å². The third-order valence-electron chi connectivity index (χ3n) is 3.32. The van der Waals surface area contributed by atoms with Crippen LogP contribution in [0.4, 0.5) is 5.69 Å². The van der Waals surface area contributed by atoms with Crippen molar-refractivity contribution in [2.75, 3.05) is 25.1 Å². The molecule has 1 aliphatic heterocycles. The van der Waals surface area contributed by atoms with Crippen LogP contribution in [0, 0.1) is 0 Å². The summed E-state index contributed by atoms with van der Waals surface area (Å²) in [5.41, 5.74) is 2.13. The quantitative estimate of drug-likeness (QED) is 0.869. The second-order valence-electron chi connectivity index (χ2n) is 4.78. The van der Waals surface area contributed by atoms with Crippen molar-refractivity contribution in [3.8, 4) is 0 Å². The molecule has 1 aliphatic rings. The van der Waals surface area contributed by atoms with Gasteiger partial charge in [-0.2, -0.15) is 0 Å². The van der Waals surface area contributed by atoms with Gasteiger partial charge in [-0.15, -0.1) is 0 Å². The van der Waals surface area contributed by atoms with Gasteiger partial charge < -0.3 is 14.7 Å². The van der Waals surface area contributed by atoms with E-state index in [0.29, 0.717) is 6.10 Å². The first-order valence-corrected chi connectivity index (χ1v) is 6.27. The Morgan fingerprint density at radius 2 is 2.12 bits per heavy atom. The van der Waals surface area contributed by atoms with Gasteiger partial charge in [0.1, 0.15) is 0 Å². The lowest BCUT2D eigenvalue weighted by molar-refractivity contribution is 0.116. The van der Waals surface area contributed by atoms with Gasteiger partial charge in [0.25, 0.3) is 0 Å².